The summed E-state index contributed by atoms with van der Waals surface area (Å²) >= 11 is 12.2. The van der Waals surface area contributed by atoms with E-state index in [1.165, 1.54) is 0 Å². The number of aromatic nitrogens is 3. The summed E-state index contributed by atoms with van der Waals surface area (Å²) in [4.78, 5) is 4.71. The highest BCUT2D eigenvalue weighted by molar-refractivity contribution is 6.41. The highest BCUT2D eigenvalue weighted by Crippen LogP contribution is 2.24. The maximum Gasteiger partial charge on any atom is 0.191 e. The predicted octanol–water partition coefficient (Wildman–Crippen LogP) is 3.05. The quantitative estimate of drug-likeness (QED) is 0.514. The van der Waals surface area contributed by atoms with Gasteiger partial charge in [0.25, 0.3) is 0 Å². The molecule has 0 amide bonds. The first kappa shape index (κ1) is 21.6. The Morgan fingerprint density at radius 1 is 1.30 bits per heavy atom. The molecule has 0 fully saturated rings. The minimum absolute atomic E-state index is 0.533. The zero-order valence-electron chi connectivity index (χ0n) is 16.6. The Labute approximate surface area is 170 Å². The van der Waals surface area contributed by atoms with Crippen molar-refractivity contribution >= 4 is 29.2 Å². The third kappa shape index (κ3) is 5.40. The van der Waals surface area contributed by atoms with Crippen molar-refractivity contribution in [3.63, 3.8) is 0 Å². The van der Waals surface area contributed by atoms with Gasteiger partial charge in [0, 0.05) is 37.7 Å². The monoisotopic (exact) mass is 414 g/mol. The molecule has 2 rings (SSSR count). The van der Waals surface area contributed by atoms with Crippen LogP contribution in [-0.4, -0.2) is 40.6 Å². The topological polar surface area (TPSA) is 68.4 Å². The summed E-state index contributed by atoms with van der Waals surface area (Å²) < 4.78 is 8.97. The van der Waals surface area contributed by atoms with Crippen molar-refractivity contribution in [3.8, 4) is 0 Å². The summed E-state index contributed by atoms with van der Waals surface area (Å²) in [6.07, 6.45) is 0. The van der Waals surface area contributed by atoms with Crippen molar-refractivity contribution in [1.29, 1.82) is 0 Å². The van der Waals surface area contributed by atoms with Crippen LogP contribution in [0.25, 0.3) is 0 Å². The molecule has 2 heterocycles. The maximum absolute atomic E-state index is 6.13. The van der Waals surface area contributed by atoms with Gasteiger partial charge in [0.15, 0.2) is 5.96 Å². The smallest absolute Gasteiger partial charge is 0.191 e. The fourth-order valence-electron chi connectivity index (χ4n) is 2.79. The maximum atomic E-state index is 6.13. The second-order valence-corrected chi connectivity index (χ2v) is 7.01. The molecule has 0 unspecified atom stereocenters. The summed E-state index contributed by atoms with van der Waals surface area (Å²) in [6, 6.07) is 1.86. The van der Waals surface area contributed by atoms with E-state index >= 15 is 0 Å². The fourth-order valence-corrected chi connectivity index (χ4v) is 3.21. The van der Waals surface area contributed by atoms with Crippen LogP contribution in [-0.2, 0) is 31.4 Å². The average Bonchev–Trinajstić information content (AvgIpc) is 3.05. The molecule has 0 saturated heterocycles. The van der Waals surface area contributed by atoms with Gasteiger partial charge in [-0.1, -0.05) is 23.2 Å². The van der Waals surface area contributed by atoms with Crippen LogP contribution in [0.4, 0.5) is 0 Å². The van der Waals surface area contributed by atoms with E-state index in [-0.39, 0.29) is 0 Å². The van der Waals surface area contributed by atoms with Gasteiger partial charge >= 0.3 is 0 Å². The molecule has 0 spiro atoms. The van der Waals surface area contributed by atoms with Gasteiger partial charge < -0.3 is 19.9 Å². The lowest BCUT2D eigenvalue weighted by Gasteiger charge is -2.12. The van der Waals surface area contributed by atoms with E-state index in [4.69, 9.17) is 32.9 Å². The predicted molar refractivity (Wildman–Crippen MR) is 111 cm³/mol. The number of ether oxygens (including phenoxy) is 1. The van der Waals surface area contributed by atoms with E-state index in [0.29, 0.717) is 29.9 Å². The molecule has 27 heavy (non-hydrogen) atoms. The zero-order valence-corrected chi connectivity index (χ0v) is 18.1. The molecule has 150 valence electrons. The van der Waals surface area contributed by atoms with Crippen LogP contribution in [0.5, 0.6) is 0 Å². The van der Waals surface area contributed by atoms with Crippen LogP contribution in [0.2, 0.25) is 10.2 Å². The highest BCUT2D eigenvalue weighted by atomic mass is 35.5. The number of methoxy groups -OCH3 is 1. The number of nitrogens with zero attached hydrogens (tertiary/aromatic N) is 4. The molecular formula is C18H28Cl2N6O. The SMILES string of the molecule is CCNC(=NCc1c(C)nn(CCOC)c1C)NCc1cc(Cl)c(Cl)n1C. The third-order valence-corrected chi connectivity index (χ3v) is 5.27. The van der Waals surface area contributed by atoms with Crippen molar-refractivity contribution in [3.05, 3.63) is 38.9 Å². The van der Waals surface area contributed by atoms with Crippen LogP contribution in [0.15, 0.2) is 11.1 Å². The van der Waals surface area contributed by atoms with Gasteiger partial charge in [-0.25, -0.2) is 4.99 Å². The minimum atomic E-state index is 0.533. The molecule has 0 aliphatic heterocycles. The molecule has 2 aromatic heterocycles. The first-order valence-corrected chi connectivity index (χ1v) is 9.68. The molecule has 2 aromatic rings. The van der Waals surface area contributed by atoms with Crippen molar-refractivity contribution in [2.75, 3.05) is 20.3 Å². The lowest BCUT2D eigenvalue weighted by atomic mass is 10.2. The van der Waals surface area contributed by atoms with E-state index in [1.54, 1.807) is 7.11 Å². The molecular weight excluding hydrogens is 387 g/mol. The van der Waals surface area contributed by atoms with Crippen molar-refractivity contribution in [1.82, 2.24) is 25.0 Å². The number of aryl methyl sites for hydroxylation is 1. The number of hydrogen-bond acceptors (Lipinski definition) is 3. The van der Waals surface area contributed by atoms with E-state index < -0.39 is 0 Å². The average molecular weight is 415 g/mol. The van der Waals surface area contributed by atoms with Crippen molar-refractivity contribution in [2.24, 2.45) is 12.0 Å². The summed E-state index contributed by atoms with van der Waals surface area (Å²) in [6.45, 7) is 9.37. The second-order valence-electron chi connectivity index (χ2n) is 6.25. The van der Waals surface area contributed by atoms with Crippen LogP contribution in [0, 0.1) is 13.8 Å². The standard InChI is InChI=1S/C18H28Cl2N6O/c1-6-21-18(22-10-14-9-16(19)17(20)25(14)4)23-11-15-12(2)24-26(13(15)3)7-8-27-5/h9H,6-8,10-11H2,1-5H3,(H2,21,22,23). The van der Waals surface area contributed by atoms with Gasteiger partial charge in [0.05, 0.1) is 37.0 Å². The Morgan fingerprint density at radius 3 is 2.63 bits per heavy atom. The van der Waals surface area contributed by atoms with Gasteiger partial charge in [-0.15, -0.1) is 0 Å². The molecule has 0 aliphatic carbocycles. The van der Waals surface area contributed by atoms with Gasteiger partial charge in [-0.05, 0) is 26.8 Å². The second kappa shape index (κ2) is 10.0. The van der Waals surface area contributed by atoms with Crippen LogP contribution in [0.1, 0.15) is 29.6 Å². The van der Waals surface area contributed by atoms with Gasteiger partial charge in [0.2, 0.25) is 0 Å². The lowest BCUT2D eigenvalue weighted by molar-refractivity contribution is 0.182. The van der Waals surface area contributed by atoms with E-state index in [1.807, 2.05) is 36.2 Å². The number of guanidine groups is 1. The summed E-state index contributed by atoms with van der Waals surface area (Å²) in [5.41, 5.74) is 4.22. The molecule has 0 saturated carbocycles. The number of aliphatic imine (C=N–C) groups is 1. The number of halogens is 2. The van der Waals surface area contributed by atoms with Crippen LogP contribution < -0.4 is 10.6 Å². The first-order valence-electron chi connectivity index (χ1n) is 8.92. The van der Waals surface area contributed by atoms with E-state index in [9.17, 15) is 0 Å². The summed E-state index contributed by atoms with van der Waals surface area (Å²) in [5, 5.41) is 12.2. The van der Waals surface area contributed by atoms with Crippen molar-refractivity contribution < 1.29 is 4.74 Å². The molecule has 0 aliphatic rings. The fraction of sp³-hybridized carbons (Fsp3) is 0.556. The zero-order chi connectivity index (χ0) is 20.0. The molecule has 0 aromatic carbocycles. The number of rotatable bonds is 8. The molecule has 0 atom stereocenters. The Hall–Kier alpha value is -1.70. The van der Waals surface area contributed by atoms with E-state index in [0.717, 1.165) is 41.7 Å². The Kier molecular flexibility index (Phi) is 8.01. The van der Waals surface area contributed by atoms with Crippen molar-refractivity contribution in [2.45, 2.75) is 40.4 Å². The van der Waals surface area contributed by atoms with Crippen LogP contribution >= 0.6 is 23.2 Å². The highest BCUT2D eigenvalue weighted by Gasteiger charge is 2.12. The summed E-state index contributed by atoms with van der Waals surface area (Å²) in [5.74, 6) is 0.731. The first-order chi connectivity index (χ1) is 12.9. The molecule has 0 radical (unpaired) electrons. The van der Waals surface area contributed by atoms with E-state index in [2.05, 4.69) is 22.7 Å². The molecule has 0 bridgehead atoms. The Bertz CT molecular complexity index is 796. The molecule has 2 N–H and O–H groups in total. The van der Waals surface area contributed by atoms with Gasteiger partial charge in [-0.2, -0.15) is 5.10 Å². The number of nitrogens with one attached hydrogen (secondary N) is 2. The van der Waals surface area contributed by atoms with Gasteiger partial charge in [-0.3, -0.25) is 4.68 Å². The Balaban J connectivity index is 2.09. The lowest BCUT2D eigenvalue weighted by Crippen LogP contribution is -2.37. The Morgan fingerprint density at radius 2 is 2.04 bits per heavy atom. The summed E-state index contributed by atoms with van der Waals surface area (Å²) in [7, 11) is 3.58. The largest absolute Gasteiger partial charge is 0.383 e. The molecule has 7 nitrogen and oxygen atoms in total. The van der Waals surface area contributed by atoms with Gasteiger partial charge in [0.1, 0.15) is 5.15 Å². The minimum Gasteiger partial charge on any atom is -0.383 e. The van der Waals surface area contributed by atoms with Crippen LogP contribution in [0.3, 0.4) is 0 Å². The molecule has 9 heteroatoms. The third-order valence-electron chi connectivity index (χ3n) is 4.43. The normalized spacial score (nSPS) is 11.9. The number of hydrogen-bond donors (Lipinski definition) is 2.